The fourth-order valence-corrected chi connectivity index (χ4v) is 5.57. The maximum absolute atomic E-state index is 13.7. The molecule has 5 rings (SSSR count). The van der Waals surface area contributed by atoms with Crippen molar-refractivity contribution in [1.29, 1.82) is 0 Å². The van der Waals surface area contributed by atoms with Crippen molar-refractivity contribution >= 4 is 11.8 Å². The Hall–Kier alpha value is -2.52. The number of piperazine rings is 1. The predicted octanol–water partition coefficient (Wildman–Crippen LogP) is 3.00. The number of hydrogen-bond donors (Lipinski definition) is 1. The third kappa shape index (κ3) is 5.51. The van der Waals surface area contributed by atoms with Crippen LogP contribution < -0.4 is 10.1 Å². The molecule has 3 heterocycles. The van der Waals surface area contributed by atoms with Crippen LogP contribution in [0.2, 0.25) is 0 Å². The molecule has 0 spiro atoms. The normalized spacial score (nSPS) is 30.5. The topological polar surface area (TPSA) is 71.1 Å². The molecule has 1 saturated carbocycles. The van der Waals surface area contributed by atoms with Gasteiger partial charge in [0, 0.05) is 51.5 Å². The Morgan fingerprint density at radius 3 is 2.69 bits per heavy atom. The Labute approximate surface area is 204 Å². The number of carbonyl (C=O) groups excluding carboxylic acids is 2. The van der Waals surface area contributed by atoms with Gasteiger partial charge in [-0.1, -0.05) is 24.3 Å². The molecule has 1 aliphatic carbocycles. The number of amides is 2. The van der Waals surface area contributed by atoms with Gasteiger partial charge in [-0.2, -0.15) is 0 Å². The van der Waals surface area contributed by atoms with Gasteiger partial charge in [0.2, 0.25) is 11.8 Å². The molecule has 2 bridgehead atoms. The van der Waals surface area contributed by atoms with E-state index in [1.807, 2.05) is 12.1 Å². The minimum absolute atomic E-state index is 0.00578. The number of nitrogens with one attached hydrogen (secondary N) is 1. The molecular formula is C26H33F2N3O4. The maximum atomic E-state index is 13.7. The summed E-state index contributed by atoms with van der Waals surface area (Å²) in [6, 6.07) is 6.38. The highest BCUT2D eigenvalue weighted by Gasteiger charge is 2.42. The van der Waals surface area contributed by atoms with Crippen LogP contribution in [0.5, 0.6) is 5.75 Å². The predicted molar refractivity (Wildman–Crippen MR) is 126 cm³/mol. The van der Waals surface area contributed by atoms with E-state index < -0.39 is 12.0 Å². The number of halogens is 2. The van der Waals surface area contributed by atoms with Gasteiger partial charge in [0.1, 0.15) is 11.8 Å². The minimum atomic E-state index is -2.61. The number of alkyl halides is 2. The summed E-state index contributed by atoms with van der Waals surface area (Å²) in [6.45, 7) is 1.95. The molecule has 7 nitrogen and oxygen atoms in total. The number of ether oxygens (including phenoxy) is 2. The highest BCUT2D eigenvalue weighted by Crippen LogP contribution is 2.36. The van der Waals surface area contributed by atoms with Gasteiger partial charge in [0.05, 0.1) is 24.4 Å². The summed E-state index contributed by atoms with van der Waals surface area (Å²) in [5.74, 6) is -2.61. The van der Waals surface area contributed by atoms with Crippen LogP contribution >= 0.6 is 0 Å². The summed E-state index contributed by atoms with van der Waals surface area (Å²) in [5.41, 5.74) is 0.426. The van der Waals surface area contributed by atoms with Crippen LogP contribution in [0.4, 0.5) is 8.78 Å². The summed E-state index contributed by atoms with van der Waals surface area (Å²) in [4.78, 5) is 30.8. The number of carbonyl (C=O) groups is 2. The highest BCUT2D eigenvalue weighted by molar-refractivity contribution is 6.00. The Kier molecular flexibility index (Phi) is 7.07. The largest absolute Gasteiger partial charge is 0.493 e. The summed E-state index contributed by atoms with van der Waals surface area (Å²) < 4.78 is 39.6. The van der Waals surface area contributed by atoms with Crippen molar-refractivity contribution in [3.63, 3.8) is 0 Å². The van der Waals surface area contributed by atoms with Gasteiger partial charge in [0.25, 0.3) is 5.91 Å². The molecular weight excluding hydrogens is 456 g/mol. The van der Waals surface area contributed by atoms with Crippen LogP contribution in [0.3, 0.4) is 0 Å². The summed E-state index contributed by atoms with van der Waals surface area (Å²) >= 11 is 0. The highest BCUT2D eigenvalue weighted by atomic mass is 19.3. The van der Waals surface area contributed by atoms with Crippen molar-refractivity contribution in [2.24, 2.45) is 0 Å². The number of hydrogen-bond acceptors (Lipinski definition) is 5. The average molecular weight is 490 g/mol. The zero-order chi connectivity index (χ0) is 24.4. The SMILES string of the molecule is O=C1NC[C@@H]2C=CC[C@@H](CCOc3ccccc3C(=O)N3CCN(C4CCC(F)(F)CC4)C[C@@H]13)O2. The fraction of sp³-hybridized carbons (Fsp3) is 0.615. The van der Waals surface area contributed by atoms with E-state index >= 15 is 0 Å². The van der Waals surface area contributed by atoms with Crippen molar-refractivity contribution in [2.45, 2.75) is 68.7 Å². The van der Waals surface area contributed by atoms with Crippen LogP contribution in [0.25, 0.3) is 0 Å². The first-order valence-corrected chi connectivity index (χ1v) is 12.6. The number of rotatable bonds is 1. The number of fused-ring (bicyclic) bond motifs is 4. The first-order chi connectivity index (χ1) is 16.9. The van der Waals surface area contributed by atoms with Gasteiger partial charge in [-0.05, 0) is 31.4 Å². The smallest absolute Gasteiger partial charge is 0.258 e. The second kappa shape index (κ2) is 10.2. The first-order valence-electron chi connectivity index (χ1n) is 12.6. The quantitative estimate of drug-likeness (QED) is 0.615. The van der Waals surface area contributed by atoms with Crippen LogP contribution in [-0.4, -0.2) is 84.6 Å². The molecule has 0 aromatic heterocycles. The van der Waals surface area contributed by atoms with E-state index in [0.29, 0.717) is 63.4 Å². The average Bonchev–Trinajstić information content (AvgIpc) is 2.87. The van der Waals surface area contributed by atoms with Crippen LogP contribution in [-0.2, 0) is 9.53 Å². The molecule has 0 unspecified atom stereocenters. The monoisotopic (exact) mass is 489 g/mol. The molecule has 4 aliphatic rings. The second-order valence-electron chi connectivity index (χ2n) is 9.94. The third-order valence-electron chi connectivity index (χ3n) is 7.59. The van der Waals surface area contributed by atoms with E-state index in [-0.39, 0.29) is 42.9 Å². The van der Waals surface area contributed by atoms with Crippen molar-refractivity contribution in [1.82, 2.24) is 15.1 Å². The molecule has 9 heteroatoms. The number of nitrogens with zero attached hydrogens (tertiary/aromatic N) is 2. The van der Waals surface area contributed by atoms with Crippen molar-refractivity contribution in [2.75, 3.05) is 32.8 Å². The molecule has 3 aliphatic heterocycles. The van der Waals surface area contributed by atoms with E-state index in [1.165, 1.54) is 0 Å². The van der Waals surface area contributed by atoms with E-state index in [9.17, 15) is 18.4 Å². The lowest BCUT2D eigenvalue weighted by molar-refractivity contribution is -0.129. The van der Waals surface area contributed by atoms with Crippen LogP contribution in [0.15, 0.2) is 36.4 Å². The molecule has 1 N–H and O–H groups in total. The lowest BCUT2D eigenvalue weighted by Gasteiger charge is -2.45. The van der Waals surface area contributed by atoms with E-state index in [1.54, 1.807) is 23.1 Å². The molecule has 3 atom stereocenters. The van der Waals surface area contributed by atoms with Crippen molar-refractivity contribution < 1.29 is 27.8 Å². The van der Waals surface area contributed by atoms with Gasteiger partial charge in [-0.3, -0.25) is 14.5 Å². The summed E-state index contributed by atoms with van der Waals surface area (Å²) in [5, 5.41) is 2.99. The lowest BCUT2D eigenvalue weighted by Crippen LogP contribution is -2.63. The van der Waals surface area contributed by atoms with E-state index in [2.05, 4.69) is 16.3 Å². The standard InChI is InChI=1S/C26H33F2N3O4/c27-26(28)11-8-18(9-12-26)30-13-14-31-22(17-30)24(32)29-16-20-5-3-4-19(35-20)10-15-34-23-7-2-1-6-21(23)25(31)33/h1-3,5-7,18-20,22H,4,8-17H2,(H,29,32)/t19-,20-,22-/m0/s1. The Bertz CT molecular complexity index is 962. The minimum Gasteiger partial charge on any atom is -0.493 e. The lowest BCUT2D eigenvalue weighted by atomic mass is 9.90. The fourth-order valence-electron chi connectivity index (χ4n) is 5.57. The van der Waals surface area contributed by atoms with Gasteiger partial charge in [-0.15, -0.1) is 0 Å². The van der Waals surface area contributed by atoms with Crippen LogP contribution in [0, 0.1) is 0 Å². The molecule has 2 fully saturated rings. The van der Waals surface area contributed by atoms with Crippen molar-refractivity contribution in [3.05, 3.63) is 42.0 Å². The number of para-hydroxylation sites is 1. The van der Waals surface area contributed by atoms with Crippen LogP contribution in [0.1, 0.15) is 48.9 Å². The molecule has 2 amide bonds. The number of benzene rings is 1. The third-order valence-corrected chi connectivity index (χ3v) is 7.59. The van der Waals surface area contributed by atoms with Gasteiger partial charge >= 0.3 is 0 Å². The Morgan fingerprint density at radius 2 is 1.86 bits per heavy atom. The van der Waals surface area contributed by atoms with E-state index in [0.717, 1.165) is 6.42 Å². The molecule has 1 aromatic rings. The maximum Gasteiger partial charge on any atom is 0.258 e. The van der Waals surface area contributed by atoms with Gasteiger partial charge in [-0.25, -0.2) is 8.78 Å². The summed E-state index contributed by atoms with van der Waals surface area (Å²) in [7, 11) is 0. The Balaban J connectivity index is 1.39. The van der Waals surface area contributed by atoms with Crippen molar-refractivity contribution in [3.8, 4) is 5.75 Å². The second-order valence-corrected chi connectivity index (χ2v) is 9.94. The molecule has 0 radical (unpaired) electrons. The zero-order valence-corrected chi connectivity index (χ0v) is 19.8. The molecule has 35 heavy (non-hydrogen) atoms. The van der Waals surface area contributed by atoms with Gasteiger partial charge < -0.3 is 19.7 Å². The zero-order valence-electron chi connectivity index (χ0n) is 19.8. The summed E-state index contributed by atoms with van der Waals surface area (Å²) in [6.07, 6.45) is 5.76. The molecule has 190 valence electrons. The first kappa shape index (κ1) is 24.2. The molecule has 1 aromatic carbocycles. The molecule has 1 saturated heterocycles. The Morgan fingerprint density at radius 1 is 1.06 bits per heavy atom. The van der Waals surface area contributed by atoms with Gasteiger partial charge in [0.15, 0.2) is 0 Å². The van der Waals surface area contributed by atoms with E-state index in [4.69, 9.17) is 9.47 Å².